The molecule has 0 bridgehead atoms. The number of aryl methyl sites for hydroxylation is 1. The zero-order valence-corrected chi connectivity index (χ0v) is 13.9. The van der Waals surface area contributed by atoms with Crippen molar-refractivity contribution in [2.45, 2.75) is 17.6 Å². The van der Waals surface area contributed by atoms with E-state index in [-0.39, 0.29) is 0 Å². The van der Waals surface area contributed by atoms with Crippen LogP contribution in [0.15, 0.2) is 53.4 Å². The quantitative estimate of drug-likeness (QED) is 0.618. The molecule has 0 aliphatic carbocycles. The molecule has 0 saturated heterocycles. The number of hydrogen-bond donors (Lipinski definition) is 0. The fourth-order valence-corrected chi connectivity index (χ4v) is 4.48. The van der Waals surface area contributed by atoms with Crippen LogP contribution in [0.1, 0.15) is 21.5 Å². The summed E-state index contributed by atoms with van der Waals surface area (Å²) in [5.74, 6) is -0.0935. The predicted octanol–water partition coefficient (Wildman–Crippen LogP) is 3.40. The summed E-state index contributed by atoms with van der Waals surface area (Å²) in [4.78, 5) is 11.6. The average Bonchev–Trinajstić information content (AvgIpc) is 2.53. The van der Waals surface area contributed by atoms with Crippen molar-refractivity contribution in [3.63, 3.8) is 0 Å². The third-order valence-electron chi connectivity index (χ3n) is 3.07. The summed E-state index contributed by atoms with van der Waals surface area (Å²) in [6, 6.07) is 13.5. The Hall–Kier alpha value is -1.79. The molecule has 0 aliphatic rings. The van der Waals surface area contributed by atoms with E-state index in [1.54, 1.807) is 48.5 Å². The fraction of sp³-hybridized carbons (Fsp3) is 0.188. The molecule has 116 valence electrons. The molecule has 0 N–H and O–H groups in total. The molecule has 2 aromatic carbocycles. The maximum atomic E-state index is 12.2. The van der Waals surface area contributed by atoms with E-state index in [0.29, 0.717) is 16.2 Å². The number of carbonyl (C=O) groups is 1. The molecule has 0 aliphatic heterocycles. The van der Waals surface area contributed by atoms with Crippen LogP contribution in [0, 0.1) is 6.92 Å². The second-order valence-electron chi connectivity index (χ2n) is 4.72. The Bertz CT molecular complexity index is 748. The van der Waals surface area contributed by atoms with Gasteiger partial charge in [0.15, 0.2) is 0 Å². The van der Waals surface area contributed by atoms with E-state index in [4.69, 9.17) is 0 Å². The summed E-state index contributed by atoms with van der Waals surface area (Å²) in [6.07, 6.45) is 0. The highest BCUT2D eigenvalue weighted by Crippen LogP contribution is 2.27. The highest BCUT2D eigenvalue weighted by atomic mass is 33.1. The summed E-state index contributed by atoms with van der Waals surface area (Å²) >= 11 is 0. The first-order chi connectivity index (χ1) is 10.4. The van der Waals surface area contributed by atoms with Gasteiger partial charge in [-0.2, -0.15) is 0 Å². The highest BCUT2D eigenvalue weighted by Gasteiger charge is 2.15. The van der Waals surface area contributed by atoms with Crippen molar-refractivity contribution >= 4 is 25.6 Å². The van der Waals surface area contributed by atoms with Crippen LogP contribution < -0.4 is 0 Å². The van der Waals surface area contributed by atoms with E-state index >= 15 is 0 Å². The summed E-state index contributed by atoms with van der Waals surface area (Å²) in [5.41, 5.74) is 2.29. The Balaban J connectivity index is 2.05. The van der Waals surface area contributed by atoms with Gasteiger partial charge in [-0.05, 0) is 47.5 Å². The van der Waals surface area contributed by atoms with Gasteiger partial charge in [0.05, 0.1) is 17.6 Å². The first-order valence-corrected chi connectivity index (χ1v) is 9.54. The zero-order valence-electron chi connectivity index (χ0n) is 12.3. The van der Waals surface area contributed by atoms with Crippen LogP contribution in [0.4, 0.5) is 0 Å². The van der Waals surface area contributed by atoms with Crippen molar-refractivity contribution in [2.24, 2.45) is 0 Å². The second-order valence-corrected chi connectivity index (χ2v) is 8.65. The predicted molar refractivity (Wildman–Crippen MR) is 87.4 cm³/mol. The van der Waals surface area contributed by atoms with E-state index in [1.807, 2.05) is 6.92 Å². The van der Waals surface area contributed by atoms with Gasteiger partial charge in [-0.25, -0.2) is 13.2 Å². The molecule has 0 fully saturated rings. The minimum atomic E-state index is -3.38. The molecule has 0 spiro atoms. The number of hydrogen-bond acceptors (Lipinski definition) is 5. The van der Waals surface area contributed by atoms with Gasteiger partial charge in [0, 0.05) is 5.75 Å². The molecule has 0 aromatic heterocycles. The lowest BCUT2D eigenvalue weighted by molar-refractivity contribution is 0.0600. The van der Waals surface area contributed by atoms with Crippen LogP contribution in [0.2, 0.25) is 0 Å². The molecule has 0 unspecified atom stereocenters. The van der Waals surface area contributed by atoms with Crippen molar-refractivity contribution in [3.05, 3.63) is 65.2 Å². The SMILES string of the molecule is COC(=O)c1ccc(CSS(=O)(=O)c2ccc(C)cc2)cc1. The molecule has 2 rings (SSSR count). The molecule has 0 atom stereocenters. The van der Waals surface area contributed by atoms with Gasteiger partial charge >= 0.3 is 5.97 Å². The van der Waals surface area contributed by atoms with Gasteiger partial charge < -0.3 is 4.74 Å². The average molecular weight is 336 g/mol. The molecule has 22 heavy (non-hydrogen) atoms. The summed E-state index contributed by atoms with van der Waals surface area (Å²) in [5, 5.41) is 0. The molecule has 2 aromatic rings. The molecule has 4 nitrogen and oxygen atoms in total. The Kier molecular flexibility index (Phi) is 5.26. The Morgan fingerprint density at radius 1 is 1.05 bits per heavy atom. The Labute approximate surface area is 133 Å². The number of benzene rings is 2. The fourth-order valence-electron chi connectivity index (χ4n) is 1.77. The van der Waals surface area contributed by atoms with E-state index in [2.05, 4.69) is 4.74 Å². The minimum Gasteiger partial charge on any atom is -0.465 e. The first-order valence-electron chi connectivity index (χ1n) is 6.56. The first kappa shape index (κ1) is 16.6. The van der Waals surface area contributed by atoms with Crippen molar-refractivity contribution in [2.75, 3.05) is 7.11 Å². The van der Waals surface area contributed by atoms with Crippen LogP contribution >= 0.6 is 10.8 Å². The maximum Gasteiger partial charge on any atom is 0.337 e. The smallest absolute Gasteiger partial charge is 0.337 e. The van der Waals surface area contributed by atoms with Crippen molar-refractivity contribution in [1.82, 2.24) is 0 Å². The van der Waals surface area contributed by atoms with Gasteiger partial charge in [0.2, 0.25) is 8.87 Å². The van der Waals surface area contributed by atoms with Gasteiger partial charge in [-0.1, -0.05) is 29.8 Å². The van der Waals surface area contributed by atoms with E-state index < -0.39 is 14.8 Å². The monoisotopic (exact) mass is 336 g/mol. The maximum absolute atomic E-state index is 12.2. The molecule has 0 radical (unpaired) electrons. The normalized spacial score (nSPS) is 11.2. The minimum absolute atomic E-state index is 0.300. The van der Waals surface area contributed by atoms with E-state index in [1.165, 1.54) is 7.11 Å². The van der Waals surface area contributed by atoms with Crippen LogP contribution in [0.25, 0.3) is 0 Å². The third kappa shape index (κ3) is 4.11. The van der Waals surface area contributed by atoms with Crippen molar-refractivity contribution in [3.8, 4) is 0 Å². The van der Waals surface area contributed by atoms with Gasteiger partial charge in [-0.15, -0.1) is 0 Å². The van der Waals surface area contributed by atoms with Gasteiger partial charge in [0.25, 0.3) is 0 Å². The van der Waals surface area contributed by atoms with E-state index in [9.17, 15) is 13.2 Å². The molecular formula is C16H16O4S2. The third-order valence-corrected chi connectivity index (χ3v) is 6.54. The highest BCUT2D eigenvalue weighted by molar-refractivity contribution is 8.71. The molecular weight excluding hydrogens is 320 g/mol. The number of carbonyl (C=O) groups excluding carboxylic acids is 1. The second kappa shape index (κ2) is 6.98. The van der Waals surface area contributed by atoms with Crippen molar-refractivity contribution in [1.29, 1.82) is 0 Å². The summed E-state index contributed by atoms with van der Waals surface area (Å²) < 4.78 is 29.1. The van der Waals surface area contributed by atoms with Gasteiger partial charge in [0.1, 0.15) is 0 Å². The topological polar surface area (TPSA) is 60.4 Å². The number of rotatable bonds is 5. The Morgan fingerprint density at radius 3 is 2.18 bits per heavy atom. The molecule has 0 saturated carbocycles. The molecule has 0 heterocycles. The van der Waals surface area contributed by atoms with Gasteiger partial charge in [-0.3, -0.25) is 0 Å². The zero-order chi connectivity index (χ0) is 16.2. The number of methoxy groups -OCH3 is 1. The standard InChI is InChI=1S/C16H16O4S2/c1-12-3-9-15(10-4-12)22(18,19)21-11-13-5-7-14(8-6-13)16(17)20-2/h3-10H,11H2,1-2H3. The molecule has 0 amide bonds. The Morgan fingerprint density at radius 2 is 1.64 bits per heavy atom. The number of ether oxygens (including phenoxy) is 1. The lowest BCUT2D eigenvalue weighted by atomic mass is 10.1. The lowest BCUT2D eigenvalue weighted by Crippen LogP contribution is -2.01. The number of esters is 1. The van der Waals surface area contributed by atoms with Crippen LogP contribution in [-0.2, 0) is 19.4 Å². The van der Waals surface area contributed by atoms with E-state index in [0.717, 1.165) is 21.9 Å². The largest absolute Gasteiger partial charge is 0.465 e. The lowest BCUT2D eigenvalue weighted by Gasteiger charge is -2.05. The summed E-state index contributed by atoms with van der Waals surface area (Å²) in [7, 11) is -1.19. The van der Waals surface area contributed by atoms with Crippen LogP contribution in [0.5, 0.6) is 0 Å². The van der Waals surface area contributed by atoms with Crippen LogP contribution in [-0.4, -0.2) is 21.5 Å². The van der Waals surface area contributed by atoms with Crippen molar-refractivity contribution < 1.29 is 17.9 Å². The molecule has 6 heteroatoms. The van der Waals surface area contributed by atoms with Crippen LogP contribution in [0.3, 0.4) is 0 Å². The summed E-state index contributed by atoms with van der Waals surface area (Å²) in [6.45, 7) is 1.91.